The molecule has 2 fully saturated rings. The Bertz CT molecular complexity index is 2740. The van der Waals surface area contributed by atoms with E-state index in [4.69, 9.17) is 0 Å². The number of pyridine rings is 2. The zero-order chi connectivity index (χ0) is 45.5. The molecule has 6 heterocycles. The van der Waals surface area contributed by atoms with Gasteiger partial charge in [0.15, 0.2) is 0 Å². The van der Waals surface area contributed by atoms with Crippen LogP contribution in [0.3, 0.4) is 0 Å². The first-order valence-electron chi connectivity index (χ1n) is 21.1. The molecule has 0 atom stereocenters. The average molecular weight is 901 g/mol. The highest BCUT2D eigenvalue weighted by atomic mass is 32.2. The van der Waals surface area contributed by atoms with Crippen molar-refractivity contribution in [3.8, 4) is 0 Å². The molecule has 2 saturated heterocycles. The van der Waals surface area contributed by atoms with Gasteiger partial charge in [-0.15, -0.1) is 0 Å². The van der Waals surface area contributed by atoms with Gasteiger partial charge in [0, 0.05) is 116 Å². The number of carbonyl (C=O) groups is 1. The highest BCUT2D eigenvalue weighted by Gasteiger charge is 2.24. The number of rotatable bonds is 11. The van der Waals surface area contributed by atoms with Crippen LogP contribution >= 0.6 is 0 Å². The largest absolute Gasteiger partial charge is 0.334 e. The van der Waals surface area contributed by atoms with Gasteiger partial charge >= 0.3 is 0 Å². The summed E-state index contributed by atoms with van der Waals surface area (Å²) in [5, 5.41) is 3.08. The molecule has 4 aromatic heterocycles. The number of hydrogen-bond donors (Lipinski definition) is 1. The van der Waals surface area contributed by atoms with Gasteiger partial charge in [-0.25, -0.2) is 36.8 Å². The maximum atomic E-state index is 11.7. The van der Waals surface area contributed by atoms with Crippen LogP contribution in [-0.4, -0.2) is 145 Å². The molecule has 0 aliphatic carbocycles. The van der Waals surface area contributed by atoms with E-state index < -0.39 is 20.0 Å². The standard InChI is InChI=1S/C22H30N6O2S.C17H18N4O.C5H12N2O2S/c1-5-18-12-17(15-27-8-10-28(11-9-27)31(4,29)30)6-7-20(18)26(3)22-13-21-19(14-23-22)24-16-25(21)2;1-4-13-7-12(10-22)5-6-15(13)21(3)17-8-16-14(9-18-17)19-11-20(16)2;1-10(8,9)7-4-2-6-3-5-7/h6-7,12-14,16H,5,8-11,15H2,1-4H3;5-11H,4H2,1-3H3;6H,2-5H2,1H3. The predicted molar refractivity (Wildman–Crippen MR) is 251 cm³/mol. The number of hydrogen-bond acceptors (Lipinski definition) is 13. The van der Waals surface area contributed by atoms with Crippen LogP contribution in [0.2, 0.25) is 0 Å². The van der Waals surface area contributed by atoms with Gasteiger partial charge in [0.1, 0.15) is 29.0 Å². The molecule has 0 saturated carbocycles. The minimum absolute atomic E-state index is 0.558. The van der Waals surface area contributed by atoms with E-state index in [1.165, 1.54) is 27.9 Å². The van der Waals surface area contributed by atoms with Gasteiger partial charge < -0.3 is 24.3 Å². The van der Waals surface area contributed by atoms with Gasteiger partial charge in [0.25, 0.3) is 0 Å². The first-order valence-corrected chi connectivity index (χ1v) is 24.7. The Kier molecular flexibility index (Phi) is 15.3. The normalized spacial score (nSPS) is 15.4. The SMILES string of the molecule is CCc1cc(C=O)ccc1N(C)c1cc2c(cn1)ncn2C.CCc1cc(CN2CCN(S(C)(=O)=O)CC2)ccc1N(C)c1cc2c(cn1)ncn2C.CS(=O)(=O)N1CCNCC1. The molecule has 8 rings (SSSR count). The summed E-state index contributed by atoms with van der Waals surface area (Å²) in [6.45, 7) is 10.5. The molecule has 17 nitrogen and oxygen atoms in total. The number of anilines is 4. The number of sulfonamides is 2. The molecule has 2 aliphatic rings. The van der Waals surface area contributed by atoms with Gasteiger partial charge in [-0.1, -0.05) is 26.0 Å². The number of nitrogens with one attached hydrogen (secondary N) is 1. The quantitative estimate of drug-likeness (QED) is 0.182. The molecule has 63 heavy (non-hydrogen) atoms. The minimum atomic E-state index is -3.10. The highest BCUT2D eigenvalue weighted by Crippen LogP contribution is 2.30. The summed E-state index contributed by atoms with van der Waals surface area (Å²) in [4.78, 5) is 35.2. The van der Waals surface area contributed by atoms with Crippen molar-refractivity contribution in [3.05, 3.63) is 95.8 Å². The van der Waals surface area contributed by atoms with E-state index >= 15 is 0 Å². The Balaban J connectivity index is 0.000000178. The van der Waals surface area contributed by atoms with Crippen LogP contribution < -0.4 is 15.1 Å². The van der Waals surface area contributed by atoms with Gasteiger partial charge in [0.05, 0.1) is 48.6 Å². The third kappa shape index (κ3) is 11.6. The topological polar surface area (TPSA) is 175 Å². The lowest BCUT2D eigenvalue weighted by Crippen LogP contribution is -2.47. The van der Waals surface area contributed by atoms with E-state index in [0.717, 1.165) is 102 Å². The lowest BCUT2D eigenvalue weighted by atomic mass is 10.0. The van der Waals surface area contributed by atoms with E-state index in [2.05, 4.69) is 73.2 Å². The van der Waals surface area contributed by atoms with Crippen molar-refractivity contribution in [1.29, 1.82) is 0 Å². The van der Waals surface area contributed by atoms with Crippen molar-refractivity contribution >= 4 is 71.4 Å². The van der Waals surface area contributed by atoms with Crippen molar-refractivity contribution in [2.75, 3.05) is 88.8 Å². The fourth-order valence-corrected chi connectivity index (χ4v) is 9.42. The van der Waals surface area contributed by atoms with E-state index in [1.54, 1.807) is 23.2 Å². The summed E-state index contributed by atoms with van der Waals surface area (Å²) >= 11 is 0. The Labute approximate surface area is 371 Å². The molecule has 1 N–H and O–H groups in total. The van der Waals surface area contributed by atoms with Crippen molar-refractivity contribution in [2.24, 2.45) is 14.1 Å². The minimum Gasteiger partial charge on any atom is -0.334 e. The molecule has 2 aromatic carbocycles. The smallest absolute Gasteiger partial charge is 0.211 e. The van der Waals surface area contributed by atoms with Crippen molar-refractivity contribution in [2.45, 2.75) is 33.2 Å². The molecule has 6 aromatic rings. The molecule has 0 bridgehead atoms. The van der Waals surface area contributed by atoms with Gasteiger partial charge in [0.2, 0.25) is 20.0 Å². The van der Waals surface area contributed by atoms with Crippen molar-refractivity contribution < 1.29 is 21.6 Å². The molecular weight excluding hydrogens is 841 g/mol. The Hall–Kier alpha value is -5.31. The van der Waals surface area contributed by atoms with Crippen LogP contribution in [0.5, 0.6) is 0 Å². The number of aryl methyl sites for hydroxylation is 4. The maximum Gasteiger partial charge on any atom is 0.211 e. The highest BCUT2D eigenvalue weighted by molar-refractivity contribution is 7.88. The second kappa shape index (κ2) is 20.5. The number of aromatic nitrogens is 6. The first-order chi connectivity index (χ1) is 30.0. The molecule has 0 unspecified atom stereocenters. The second-order valence-electron chi connectivity index (χ2n) is 15.9. The summed E-state index contributed by atoms with van der Waals surface area (Å²) < 4.78 is 52.2. The second-order valence-corrected chi connectivity index (χ2v) is 19.9. The zero-order valence-electron chi connectivity index (χ0n) is 37.6. The Morgan fingerprint density at radius 3 is 1.59 bits per heavy atom. The lowest BCUT2D eigenvalue weighted by Gasteiger charge is -2.33. The number of benzene rings is 2. The van der Waals surface area contributed by atoms with E-state index in [9.17, 15) is 21.6 Å². The third-order valence-electron chi connectivity index (χ3n) is 11.5. The summed E-state index contributed by atoms with van der Waals surface area (Å²) in [7, 11) is 1.96. The number of aldehydes is 1. The number of fused-ring (bicyclic) bond motifs is 2. The van der Waals surface area contributed by atoms with Crippen molar-refractivity contribution in [3.63, 3.8) is 0 Å². The van der Waals surface area contributed by atoms with Crippen molar-refractivity contribution in [1.82, 2.24) is 47.9 Å². The third-order valence-corrected chi connectivity index (χ3v) is 14.1. The van der Waals surface area contributed by atoms with Gasteiger partial charge in [-0.3, -0.25) is 9.69 Å². The fraction of sp³-hybridized carbons (Fsp3) is 0.432. The summed E-state index contributed by atoms with van der Waals surface area (Å²) in [5.41, 5.74) is 10.4. The number of nitrogens with zero attached hydrogens (tertiary/aromatic N) is 11. The molecule has 338 valence electrons. The molecule has 2 aliphatic heterocycles. The summed E-state index contributed by atoms with van der Waals surface area (Å²) in [5.74, 6) is 1.74. The maximum absolute atomic E-state index is 11.7. The van der Waals surface area contributed by atoms with Crippen LogP contribution in [-0.2, 0) is 53.5 Å². The Morgan fingerprint density at radius 2 is 1.13 bits per heavy atom. The van der Waals surface area contributed by atoms with E-state index in [0.29, 0.717) is 31.7 Å². The Morgan fingerprint density at radius 1 is 0.651 bits per heavy atom. The average Bonchev–Trinajstić information content (AvgIpc) is 3.86. The van der Waals surface area contributed by atoms with Crippen LogP contribution in [0.25, 0.3) is 22.1 Å². The number of imidazole rings is 2. The molecular formula is C44H60N12O5S2. The summed E-state index contributed by atoms with van der Waals surface area (Å²) in [6.07, 6.45) is 12.4. The summed E-state index contributed by atoms with van der Waals surface area (Å²) in [6, 6.07) is 16.4. The van der Waals surface area contributed by atoms with Gasteiger partial charge in [-0.2, -0.15) is 8.61 Å². The molecule has 19 heteroatoms. The van der Waals surface area contributed by atoms with E-state index in [-0.39, 0.29) is 0 Å². The molecule has 0 radical (unpaired) electrons. The number of piperazine rings is 2. The fourth-order valence-electron chi connectivity index (χ4n) is 7.74. The molecule has 0 spiro atoms. The predicted octanol–water partition coefficient (Wildman–Crippen LogP) is 4.34. The van der Waals surface area contributed by atoms with Crippen LogP contribution in [0.4, 0.5) is 23.0 Å². The number of carbonyl (C=O) groups excluding carboxylic acids is 1. The van der Waals surface area contributed by atoms with Crippen LogP contribution in [0, 0.1) is 0 Å². The van der Waals surface area contributed by atoms with Crippen LogP contribution in [0.15, 0.2) is 73.6 Å². The monoisotopic (exact) mass is 900 g/mol. The van der Waals surface area contributed by atoms with E-state index in [1.807, 2.05) is 72.7 Å². The van der Waals surface area contributed by atoms with Crippen LogP contribution in [0.1, 0.15) is 40.9 Å². The van der Waals surface area contributed by atoms with Gasteiger partial charge in [-0.05, 0) is 53.8 Å². The lowest BCUT2D eigenvalue weighted by molar-refractivity contribution is 0.112. The molecule has 0 amide bonds. The first kappa shape index (κ1) is 47.2. The zero-order valence-corrected chi connectivity index (χ0v) is 39.2.